The maximum atomic E-state index is 13.3. The van der Waals surface area contributed by atoms with Crippen LogP contribution in [0.25, 0.3) is 0 Å². The molecule has 34 heavy (non-hydrogen) atoms. The fraction of sp³-hybridized carbons (Fsp3) is 0.517. The molecule has 0 radical (unpaired) electrons. The van der Waals surface area contributed by atoms with Crippen LogP contribution >= 0.6 is 0 Å². The Morgan fingerprint density at radius 3 is 2.12 bits per heavy atom. The first-order chi connectivity index (χ1) is 16.7. The van der Waals surface area contributed by atoms with Gasteiger partial charge in [0, 0.05) is 62.4 Å². The molecule has 2 heterocycles. The van der Waals surface area contributed by atoms with Gasteiger partial charge in [0.15, 0.2) is 0 Å². The first-order valence-corrected chi connectivity index (χ1v) is 13.2. The summed E-state index contributed by atoms with van der Waals surface area (Å²) in [5.41, 5.74) is 2.71. The highest BCUT2D eigenvalue weighted by atomic mass is 16.2. The first kappa shape index (κ1) is 23.1. The Balaban J connectivity index is 1.21. The van der Waals surface area contributed by atoms with Crippen LogP contribution in [0.1, 0.15) is 77.1 Å². The molecule has 2 aliphatic heterocycles. The molecule has 0 N–H and O–H groups in total. The second kappa shape index (κ2) is 10.7. The van der Waals surface area contributed by atoms with Crippen molar-refractivity contribution < 1.29 is 9.59 Å². The number of hydrogen-bond acceptors (Lipinski definition) is 3. The van der Waals surface area contributed by atoms with E-state index in [1.165, 1.54) is 37.7 Å². The van der Waals surface area contributed by atoms with Crippen molar-refractivity contribution in [2.24, 2.45) is 0 Å². The molecule has 3 fully saturated rings. The fourth-order valence-corrected chi connectivity index (χ4v) is 6.04. The summed E-state index contributed by atoms with van der Waals surface area (Å²) in [5, 5.41) is 0. The van der Waals surface area contributed by atoms with Gasteiger partial charge in [0.05, 0.1) is 0 Å². The van der Waals surface area contributed by atoms with Crippen molar-refractivity contribution in [1.29, 1.82) is 0 Å². The summed E-state index contributed by atoms with van der Waals surface area (Å²) in [6.45, 7) is 5.15. The summed E-state index contributed by atoms with van der Waals surface area (Å²) >= 11 is 0. The molecule has 5 heteroatoms. The van der Waals surface area contributed by atoms with E-state index in [2.05, 4.69) is 17.0 Å². The lowest BCUT2D eigenvalue weighted by molar-refractivity contribution is 0.0522. The number of carbonyl (C=O) groups excluding carboxylic acids is 2. The molecule has 2 aromatic carbocycles. The maximum absolute atomic E-state index is 13.3. The van der Waals surface area contributed by atoms with Crippen LogP contribution in [-0.2, 0) is 0 Å². The zero-order valence-electron chi connectivity index (χ0n) is 20.2. The highest BCUT2D eigenvalue weighted by Gasteiger charge is 2.29. The molecule has 2 saturated heterocycles. The van der Waals surface area contributed by atoms with Crippen LogP contribution in [-0.4, -0.2) is 71.8 Å². The van der Waals surface area contributed by atoms with Crippen molar-refractivity contribution in [3.05, 3.63) is 71.3 Å². The number of benzene rings is 2. The van der Waals surface area contributed by atoms with Crippen LogP contribution in [0.4, 0.5) is 0 Å². The van der Waals surface area contributed by atoms with Crippen LogP contribution < -0.4 is 0 Å². The molecular formula is C29H37N3O2. The number of piperazine rings is 1. The van der Waals surface area contributed by atoms with E-state index in [0.717, 1.165) is 62.7 Å². The number of rotatable bonds is 4. The van der Waals surface area contributed by atoms with E-state index in [1.54, 1.807) is 0 Å². The minimum absolute atomic E-state index is 0.105. The van der Waals surface area contributed by atoms with Crippen LogP contribution in [0.3, 0.4) is 0 Å². The van der Waals surface area contributed by atoms with Crippen LogP contribution in [0.2, 0.25) is 0 Å². The minimum Gasteiger partial charge on any atom is -0.338 e. The molecular weight excluding hydrogens is 422 g/mol. The van der Waals surface area contributed by atoms with Crippen LogP contribution in [0.15, 0.2) is 54.6 Å². The van der Waals surface area contributed by atoms with Crippen LogP contribution in [0, 0.1) is 0 Å². The van der Waals surface area contributed by atoms with Gasteiger partial charge in [-0.25, -0.2) is 0 Å². The molecule has 0 aromatic heterocycles. The van der Waals surface area contributed by atoms with E-state index in [1.807, 2.05) is 52.3 Å². The molecule has 2 amide bonds. The number of carbonyl (C=O) groups is 2. The van der Waals surface area contributed by atoms with Gasteiger partial charge in [-0.15, -0.1) is 0 Å². The second-order valence-electron chi connectivity index (χ2n) is 10.2. The third kappa shape index (κ3) is 5.20. The Kier molecular flexibility index (Phi) is 7.29. The molecule has 5 nitrogen and oxygen atoms in total. The number of likely N-dealkylation sites (tertiary alicyclic amines) is 1. The van der Waals surface area contributed by atoms with E-state index < -0.39 is 0 Å². The van der Waals surface area contributed by atoms with Gasteiger partial charge in [-0.2, -0.15) is 0 Å². The SMILES string of the molecule is O=C(c1cccc([C@@H]2CCCN(C(=O)c3ccccc3)C2)c1)N1CCN(C2CCCCC2)CC1. The maximum Gasteiger partial charge on any atom is 0.253 e. The summed E-state index contributed by atoms with van der Waals surface area (Å²) in [5.74, 6) is 0.531. The predicted octanol–water partition coefficient (Wildman–Crippen LogP) is 4.80. The van der Waals surface area contributed by atoms with Gasteiger partial charge in [0.1, 0.15) is 0 Å². The topological polar surface area (TPSA) is 43.9 Å². The molecule has 0 unspecified atom stereocenters. The zero-order valence-corrected chi connectivity index (χ0v) is 20.2. The first-order valence-electron chi connectivity index (χ1n) is 13.2. The molecule has 180 valence electrons. The van der Waals surface area contributed by atoms with E-state index in [9.17, 15) is 9.59 Å². The van der Waals surface area contributed by atoms with Crippen molar-refractivity contribution in [2.45, 2.75) is 56.9 Å². The summed E-state index contributed by atoms with van der Waals surface area (Å²) in [6.07, 6.45) is 8.77. The monoisotopic (exact) mass is 459 g/mol. The molecule has 1 atom stereocenters. The quantitative estimate of drug-likeness (QED) is 0.660. The van der Waals surface area contributed by atoms with Crippen molar-refractivity contribution in [3.63, 3.8) is 0 Å². The smallest absolute Gasteiger partial charge is 0.253 e. The van der Waals surface area contributed by atoms with Gasteiger partial charge in [-0.1, -0.05) is 49.6 Å². The van der Waals surface area contributed by atoms with Gasteiger partial charge in [-0.3, -0.25) is 14.5 Å². The average Bonchev–Trinajstić information content (AvgIpc) is 2.93. The second-order valence-corrected chi connectivity index (χ2v) is 10.2. The summed E-state index contributed by atoms with van der Waals surface area (Å²) in [4.78, 5) is 32.9. The minimum atomic E-state index is 0.105. The molecule has 2 aromatic rings. The number of piperidine rings is 1. The standard InChI is InChI=1S/C29H37N3O2/c33-28(23-9-3-1-4-10-23)32-16-8-13-26(22-32)24-11-7-12-25(21-24)29(34)31-19-17-30(18-20-31)27-14-5-2-6-15-27/h1,3-4,7,9-12,21,26-27H,2,5-6,8,13-20,22H2/t26-/m1/s1. The zero-order chi connectivity index (χ0) is 23.3. The van der Waals surface area contributed by atoms with Gasteiger partial charge in [0.2, 0.25) is 0 Å². The van der Waals surface area contributed by atoms with E-state index in [4.69, 9.17) is 0 Å². The van der Waals surface area contributed by atoms with E-state index in [0.29, 0.717) is 6.54 Å². The van der Waals surface area contributed by atoms with Crippen molar-refractivity contribution in [2.75, 3.05) is 39.3 Å². The van der Waals surface area contributed by atoms with Gasteiger partial charge >= 0.3 is 0 Å². The number of nitrogens with zero attached hydrogens (tertiary/aromatic N) is 3. The van der Waals surface area contributed by atoms with Gasteiger partial charge in [0.25, 0.3) is 11.8 Å². The Morgan fingerprint density at radius 2 is 1.35 bits per heavy atom. The van der Waals surface area contributed by atoms with Gasteiger partial charge in [-0.05, 0) is 55.5 Å². The average molecular weight is 460 g/mol. The number of hydrogen-bond donors (Lipinski definition) is 0. The van der Waals surface area contributed by atoms with Crippen molar-refractivity contribution in [1.82, 2.24) is 14.7 Å². The predicted molar refractivity (Wildman–Crippen MR) is 135 cm³/mol. The van der Waals surface area contributed by atoms with Crippen molar-refractivity contribution >= 4 is 11.8 Å². The third-order valence-electron chi connectivity index (χ3n) is 8.03. The lowest BCUT2D eigenvalue weighted by Crippen LogP contribution is -2.52. The summed E-state index contributed by atoms with van der Waals surface area (Å²) in [7, 11) is 0. The van der Waals surface area contributed by atoms with Crippen LogP contribution in [0.5, 0.6) is 0 Å². The molecule has 1 aliphatic carbocycles. The Hall–Kier alpha value is -2.66. The Labute approximate surface area is 203 Å². The lowest BCUT2D eigenvalue weighted by Gasteiger charge is -2.40. The molecule has 3 aliphatic rings. The summed E-state index contributed by atoms with van der Waals surface area (Å²) < 4.78 is 0. The third-order valence-corrected chi connectivity index (χ3v) is 8.03. The van der Waals surface area contributed by atoms with Gasteiger partial charge < -0.3 is 9.80 Å². The fourth-order valence-electron chi connectivity index (χ4n) is 6.04. The largest absolute Gasteiger partial charge is 0.338 e. The molecule has 5 rings (SSSR count). The lowest BCUT2D eigenvalue weighted by atomic mass is 9.89. The van der Waals surface area contributed by atoms with Crippen molar-refractivity contribution in [3.8, 4) is 0 Å². The molecule has 0 spiro atoms. The Morgan fingerprint density at radius 1 is 0.647 bits per heavy atom. The van der Waals surface area contributed by atoms with E-state index in [-0.39, 0.29) is 17.7 Å². The normalized spacial score (nSPS) is 22.5. The highest BCUT2D eigenvalue weighted by molar-refractivity contribution is 5.95. The highest BCUT2D eigenvalue weighted by Crippen LogP contribution is 2.29. The molecule has 0 bridgehead atoms. The number of amides is 2. The van der Waals surface area contributed by atoms with E-state index >= 15 is 0 Å². The molecule has 1 saturated carbocycles. The Bertz CT molecular complexity index is 978. The summed E-state index contributed by atoms with van der Waals surface area (Å²) in [6, 6.07) is 18.4.